The smallest absolute Gasteiger partial charge is 0.251 e. The summed E-state index contributed by atoms with van der Waals surface area (Å²) >= 11 is 1.27. The quantitative estimate of drug-likeness (QED) is 0.347. The zero-order chi connectivity index (χ0) is 23.8. The summed E-state index contributed by atoms with van der Waals surface area (Å²) in [5, 5.41) is 14.9. The summed E-state index contributed by atoms with van der Waals surface area (Å²) < 4.78 is 6.97. The van der Waals surface area contributed by atoms with Gasteiger partial charge in [-0.1, -0.05) is 35.5 Å². The molecule has 0 saturated heterocycles. The molecule has 0 aliphatic heterocycles. The van der Waals surface area contributed by atoms with Gasteiger partial charge in [0.25, 0.3) is 5.91 Å². The molecule has 0 bridgehead atoms. The molecule has 1 aromatic heterocycles. The van der Waals surface area contributed by atoms with E-state index >= 15 is 0 Å². The van der Waals surface area contributed by atoms with Crippen LogP contribution in [0.25, 0.3) is 0 Å². The fraction of sp³-hybridized carbons (Fsp3) is 0.250. The van der Waals surface area contributed by atoms with Gasteiger partial charge in [-0.3, -0.25) is 9.59 Å². The van der Waals surface area contributed by atoms with Gasteiger partial charge in [0, 0.05) is 17.8 Å². The number of ether oxygens (including phenoxy) is 1. The van der Waals surface area contributed by atoms with Crippen molar-refractivity contribution in [1.82, 2.24) is 20.1 Å². The molecule has 2 aromatic carbocycles. The highest BCUT2D eigenvalue weighted by molar-refractivity contribution is 7.99. The molecular weight excluding hydrogens is 438 g/mol. The molecule has 3 aromatic rings. The van der Waals surface area contributed by atoms with Crippen molar-refractivity contribution in [1.29, 1.82) is 0 Å². The van der Waals surface area contributed by atoms with E-state index in [2.05, 4.69) is 27.4 Å². The predicted octanol–water partition coefficient (Wildman–Crippen LogP) is 4.00. The van der Waals surface area contributed by atoms with E-state index in [1.807, 2.05) is 36.6 Å². The van der Waals surface area contributed by atoms with Crippen LogP contribution in [0, 0.1) is 6.92 Å². The van der Waals surface area contributed by atoms with Gasteiger partial charge >= 0.3 is 0 Å². The maximum atomic E-state index is 12.6. The van der Waals surface area contributed by atoms with Crippen LogP contribution in [0.15, 0.2) is 66.3 Å². The highest BCUT2D eigenvalue weighted by Gasteiger charge is 2.20. The second kappa shape index (κ2) is 11.3. The second-order valence-electron chi connectivity index (χ2n) is 7.37. The van der Waals surface area contributed by atoms with Crippen molar-refractivity contribution in [2.75, 3.05) is 18.2 Å². The normalized spacial score (nSPS) is 11.5. The first kappa shape index (κ1) is 24.1. The molecule has 0 unspecified atom stereocenters. The Labute approximate surface area is 197 Å². The molecule has 0 spiro atoms. The maximum Gasteiger partial charge on any atom is 0.251 e. The molecule has 1 heterocycles. The summed E-state index contributed by atoms with van der Waals surface area (Å²) in [7, 11) is 1.59. The minimum Gasteiger partial charge on any atom is -0.497 e. The first-order chi connectivity index (χ1) is 15.9. The molecule has 8 nitrogen and oxygen atoms in total. The highest BCUT2D eigenvalue weighted by atomic mass is 32.2. The summed E-state index contributed by atoms with van der Waals surface area (Å²) in [5.74, 6) is 1.11. The Morgan fingerprint density at radius 2 is 1.97 bits per heavy atom. The van der Waals surface area contributed by atoms with Gasteiger partial charge in [0.1, 0.15) is 5.75 Å². The van der Waals surface area contributed by atoms with Crippen molar-refractivity contribution in [3.8, 4) is 5.75 Å². The Balaban J connectivity index is 1.64. The molecule has 0 aliphatic carbocycles. The summed E-state index contributed by atoms with van der Waals surface area (Å²) in [6.07, 6.45) is 1.73. The monoisotopic (exact) mass is 465 g/mol. The predicted molar refractivity (Wildman–Crippen MR) is 130 cm³/mol. The van der Waals surface area contributed by atoms with Crippen LogP contribution in [0.2, 0.25) is 0 Å². The Morgan fingerprint density at radius 3 is 2.64 bits per heavy atom. The van der Waals surface area contributed by atoms with Gasteiger partial charge in [0.15, 0.2) is 11.0 Å². The lowest BCUT2D eigenvalue weighted by Crippen LogP contribution is -2.28. The third-order valence-corrected chi connectivity index (χ3v) is 5.75. The first-order valence-corrected chi connectivity index (χ1v) is 11.4. The number of aromatic nitrogens is 3. The van der Waals surface area contributed by atoms with Crippen LogP contribution in [-0.2, 0) is 11.3 Å². The number of hydrogen-bond acceptors (Lipinski definition) is 6. The molecule has 172 valence electrons. The third kappa shape index (κ3) is 6.45. The van der Waals surface area contributed by atoms with E-state index < -0.39 is 0 Å². The number of anilines is 1. The minimum absolute atomic E-state index is 0.158. The Morgan fingerprint density at radius 1 is 1.21 bits per heavy atom. The molecule has 33 heavy (non-hydrogen) atoms. The van der Waals surface area contributed by atoms with E-state index in [1.54, 1.807) is 43.5 Å². The number of hydrogen-bond donors (Lipinski definition) is 2. The van der Waals surface area contributed by atoms with Crippen molar-refractivity contribution in [2.24, 2.45) is 0 Å². The lowest BCUT2D eigenvalue weighted by molar-refractivity contribution is -0.113. The van der Waals surface area contributed by atoms with Crippen LogP contribution in [0.4, 0.5) is 5.69 Å². The number of methoxy groups -OCH3 is 1. The number of carbonyl (C=O) groups excluding carboxylic acids is 2. The summed E-state index contributed by atoms with van der Waals surface area (Å²) in [5.41, 5.74) is 2.28. The summed E-state index contributed by atoms with van der Waals surface area (Å²) in [4.78, 5) is 25.0. The van der Waals surface area contributed by atoms with Gasteiger partial charge in [-0.25, -0.2) is 0 Å². The zero-order valence-electron chi connectivity index (χ0n) is 18.9. The Bertz CT molecular complexity index is 1130. The van der Waals surface area contributed by atoms with Crippen molar-refractivity contribution in [3.63, 3.8) is 0 Å². The minimum atomic E-state index is -0.382. The van der Waals surface area contributed by atoms with Gasteiger partial charge in [-0.15, -0.1) is 16.8 Å². The van der Waals surface area contributed by atoms with Crippen molar-refractivity contribution in [3.05, 3.63) is 78.1 Å². The summed E-state index contributed by atoms with van der Waals surface area (Å²) in [6, 6.07) is 14.1. The van der Waals surface area contributed by atoms with Crippen LogP contribution in [0.5, 0.6) is 5.75 Å². The Kier molecular flexibility index (Phi) is 8.26. The Hall–Kier alpha value is -3.59. The topological polar surface area (TPSA) is 98.1 Å². The molecule has 3 rings (SSSR count). The van der Waals surface area contributed by atoms with Crippen molar-refractivity contribution >= 4 is 29.3 Å². The number of carbonyl (C=O) groups is 2. The maximum absolute atomic E-state index is 12.6. The molecule has 0 radical (unpaired) electrons. The molecule has 0 aliphatic rings. The number of aryl methyl sites for hydroxylation is 1. The van der Waals surface area contributed by atoms with Crippen molar-refractivity contribution < 1.29 is 14.3 Å². The van der Waals surface area contributed by atoms with Gasteiger partial charge in [0.2, 0.25) is 5.91 Å². The highest BCUT2D eigenvalue weighted by Crippen LogP contribution is 2.22. The first-order valence-electron chi connectivity index (χ1n) is 10.4. The molecule has 9 heteroatoms. The average molecular weight is 466 g/mol. The van der Waals surface area contributed by atoms with Gasteiger partial charge in [-0.05, 0) is 50.2 Å². The molecular formula is C24H27N5O3S. The number of rotatable bonds is 10. The lowest BCUT2D eigenvalue weighted by Gasteiger charge is -2.15. The molecule has 0 fully saturated rings. The standard InChI is InChI=1S/C24H27N5O3S/c1-5-13-29-22(17(3)25-23(31)18-8-6-7-16(2)14-18)27-28-24(29)33-15-21(30)26-19-9-11-20(32-4)12-10-19/h5-12,14,17H,1,13,15H2,2-4H3,(H,25,31)(H,26,30)/t17-/m0/s1. The molecule has 2 amide bonds. The fourth-order valence-corrected chi connectivity index (χ4v) is 3.91. The van der Waals surface area contributed by atoms with Crippen LogP contribution < -0.4 is 15.4 Å². The van der Waals surface area contributed by atoms with E-state index in [0.717, 1.165) is 11.3 Å². The van der Waals surface area contributed by atoms with Crippen LogP contribution in [-0.4, -0.2) is 39.4 Å². The van der Waals surface area contributed by atoms with Gasteiger partial charge in [-0.2, -0.15) is 0 Å². The number of nitrogens with one attached hydrogen (secondary N) is 2. The number of thioether (sulfide) groups is 1. The lowest BCUT2D eigenvalue weighted by atomic mass is 10.1. The van der Waals surface area contributed by atoms with E-state index in [-0.39, 0.29) is 23.6 Å². The van der Waals surface area contributed by atoms with Crippen LogP contribution in [0.3, 0.4) is 0 Å². The van der Waals surface area contributed by atoms with E-state index in [0.29, 0.717) is 28.8 Å². The number of benzene rings is 2. The second-order valence-corrected chi connectivity index (χ2v) is 8.31. The van der Waals surface area contributed by atoms with Crippen LogP contribution in [0.1, 0.15) is 34.7 Å². The largest absolute Gasteiger partial charge is 0.497 e. The molecule has 0 saturated carbocycles. The number of amides is 2. The molecule has 1 atom stereocenters. The summed E-state index contributed by atoms with van der Waals surface area (Å²) in [6.45, 7) is 8.04. The van der Waals surface area contributed by atoms with E-state index in [9.17, 15) is 9.59 Å². The number of nitrogens with zero attached hydrogens (tertiary/aromatic N) is 3. The molecule has 2 N–H and O–H groups in total. The zero-order valence-corrected chi connectivity index (χ0v) is 19.7. The van der Waals surface area contributed by atoms with Gasteiger partial charge < -0.3 is 19.9 Å². The van der Waals surface area contributed by atoms with Crippen molar-refractivity contribution in [2.45, 2.75) is 31.6 Å². The van der Waals surface area contributed by atoms with E-state index in [1.165, 1.54) is 11.8 Å². The van der Waals surface area contributed by atoms with Gasteiger partial charge in [0.05, 0.1) is 18.9 Å². The third-order valence-electron chi connectivity index (χ3n) is 4.78. The van der Waals surface area contributed by atoms with E-state index in [4.69, 9.17) is 4.74 Å². The fourth-order valence-electron chi connectivity index (χ4n) is 3.16. The van der Waals surface area contributed by atoms with Crippen LogP contribution >= 0.6 is 11.8 Å². The number of allylic oxidation sites excluding steroid dienone is 1. The SMILES string of the molecule is C=CCn1c(SCC(=O)Nc2ccc(OC)cc2)nnc1[C@H](C)NC(=O)c1cccc(C)c1. The average Bonchev–Trinajstić information content (AvgIpc) is 3.21.